The van der Waals surface area contributed by atoms with E-state index in [1.807, 2.05) is 38.1 Å². The topological polar surface area (TPSA) is 100 Å². The van der Waals surface area contributed by atoms with E-state index in [1.165, 1.54) is 0 Å². The molecule has 2 rings (SSSR count). The van der Waals surface area contributed by atoms with Crippen molar-refractivity contribution < 1.29 is 22.7 Å². The van der Waals surface area contributed by atoms with Crippen LogP contribution in [0.15, 0.2) is 24.3 Å². The quantitative estimate of drug-likeness (QED) is 0.418. The van der Waals surface area contributed by atoms with Crippen molar-refractivity contribution in [3.63, 3.8) is 0 Å². The molecule has 1 saturated heterocycles. The van der Waals surface area contributed by atoms with Crippen LogP contribution in [0.3, 0.4) is 0 Å². The average molecular weight is 485 g/mol. The van der Waals surface area contributed by atoms with Crippen molar-refractivity contribution in [2.45, 2.75) is 51.8 Å². The number of anilines is 2. The van der Waals surface area contributed by atoms with Crippen molar-refractivity contribution in [3.8, 4) is 0 Å². The SMILES string of the molecule is CCOCCN(CCOCC)c1ccc(NC(=O)N2CCC(NS(=O)(=O)C(C)C)CC2)cc1. The summed E-state index contributed by atoms with van der Waals surface area (Å²) in [4.78, 5) is 16.6. The number of hydrogen-bond donors (Lipinski definition) is 2. The second-order valence-corrected chi connectivity index (χ2v) is 10.6. The van der Waals surface area contributed by atoms with E-state index in [4.69, 9.17) is 9.47 Å². The van der Waals surface area contributed by atoms with E-state index >= 15 is 0 Å². The minimum absolute atomic E-state index is 0.125. The van der Waals surface area contributed by atoms with Crippen molar-refractivity contribution in [3.05, 3.63) is 24.3 Å². The van der Waals surface area contributed by atoms with Crippen LogP contribution in [0.4, 0.5) is 16.2 Å². The third-order valence-corrected chi connectivity index (χ3v) is 7.54. The molecule has 1 aromatic rings. The predicted molar refractivity (Wildman–Crippen MR) is 132 cm³/mol. The Kier molecular flexibility index (Phi) is 11.4. The lowest BCUT2D eigenvalue weighted by Crippen LogP contribution is -2.48. The minimum atomic E-state index is -3.30. The van der Waals surface area contributed by atoms with Crippen LogP contribution in [-0.2, 0) is 19.5 Å². The highest BCUT2D eigenvalue weighted by Crippen LogP contribution is 2.19. The van der Waals surface area contributed by atoms with Gasteiger partial charge in [0.15, 0.2) is 0 Å². The normalized spacial score (nSPS) is 15.1. The van der Waals surface area contributed by atoms with Gasteiger partial charge in [0.1, 0.15) is 0 Å². The number of amides is 2. The van der Waals surface area contributed by atoms with E-state index in [2.05, 4.69) is 14.9 Å². The van der Waals surface area contributed by atoms with Gasteiger partial charge < -0.3 is 24.6 Å². The molecule has 1 fully saturated rings. The molecule has 0 unspecified atom stereocenters. The van der Waals surface area contributed by atoms with E-state index in [0.717, 1.165) is 24.5 Å². The van der Waals surface area contributed by atoms with Crippen molar-refractivity contribution in [2.24, 2.45) is 0 Å². The zero-order valence-corrected chi connectivity index (χ0v) is 21.2. The van der Waals surface area contributed by atoms with Crippen molar-refractivity contribution in [1.29, 1.82) is 0 Å². The lowest BCUT2D eigenvalue weighted by Gasteiger charge is -2.32. The van der Waals surface area contributed by atoms with Gasteiger partial charge >= 0.3 is 6.03 Å². The maximum Gasteiger partial charge on any atom is 0.321 e. The number of likely N-dealkylation sites (tertiary alicyclic amines) is 1. The molecular weight excluding hydrogens is 444 g/mol. The number of urea groups is 1. The van der Waals surface area contributed by atoms with E-state index in [0.29, 0.717) is 52.4 Å². The second kappa shape index (κ2) is 13.7. The number of carbonyl (C=O) groups is 1. The summed E-state index contributed by atoms with van der Waals surface area (Å²) in [6, 6.07) is 7.47. The molecule has 1 aromatic carbocycles. The average Bonchev–Trinajstić information content (AvgIpc) is 2.79. The molecule has 0 atom stereocenters. The number of piperidine rings is 1. The summed E-state index contributed by atoms with van der Waals surface area (Å²) in [6.07, 6.45) is 1.21. The summed E-state index contributed by atoms with van der Waals surface area (Å²) < 4.78 is 37.9. The molecular formula is C23H40N4O5S. The van der Waals surface area contributed by atoms with Gasteiger partial charge in [-0.3, -0.25) is 0 Å². The fourth-order valence-corrected chi connectivity index (χ4v) is 4.51. The first-order chi connectivity index (χ1) is 15.8. The lowest BCUT2D eigenvalue weighted by atomic mass is 10.1. The first-order valence-electron chi connectivity index (χ1n) is 11.8. The van der Waals surface area contributed by atoms with Gasteiger partial charge in [-0.15, -0.1) is 0 Å². The molecule has 188 valence electrons. The van der Waals surface area contributed by atoms with Gasteiger partial charge in [-0.1, -0.05) is 0 Å². The number of sulfonamides is 1. The highest BCUT2D eigenvalue weighted by atomic mass is 32.2. The zero-order chi connectivity index (χ0) is 24.3. The van der Waals surface area contributed by atoms with Gasteiger partial charge in [0.05, 0.1) is 18.5 Å². The molecule has 1 aliphatic heterocycles. The highest BCUT2D eigenvalue weighted by Gasteiger charge is 2.27. The Morgan fingerprint density at radius 2 is 1.61 bits per heavy atom. The zero-order valence-electron chi connectivity index (χ0n) is 20.4. The van der Waals surface area contributed by atoms with Gasteiger partial charge in [0.2, 0.25) is 10.0 Å². The van der Waals surface area contributed by atoms with Gasteiger partial charge in [0, 0.05) is 56.8 Å². The monoisotopic (exact) mass is 484 g/mol. The smallest absolute Gasteiger partial charge is 0.321 e. The summed E-state index contributed by atoms with van der Waals surface area (Å²) in [5.41, 5.74) is 1.77. The molecule has 10 heteroatoms. The summed E-state index contributed by atoms with van der Waals surface area (Å²) in [5.74, 6) is 0. The van der Waals surface area contributed by atoms with E-state index in [1.54, 1.807) is 18.7 Å². The Bertz CT molecular complexity index is 799. The number of ether oxygens (including phenoxy) is 2. The first kappa shape index (κ1) is 27.4. The van der Waals surface area contributed by atoms with Gasteiger partial charge in [-0.05, 0) is 64.8 Å². The molecule has 1 heterocycles. The Morgan fingerprint density at radius 1 is 1.06 bits per heavy atom. The van der Waals surface area contributed by atoms with Crippen LogP contribution >= 0.6 is 0 Å². The first-order valence-corrected chi connectivity index (χ1v) is 13.4. The highest BCUT2D eigenvalue weighted by molar-refractivity contribution is 7.90. The third-order valence-electron chi connectivity index (χ3n) is 5.64. The van der Waals surface area contributed by atoms with Crippen LogP contribution in [0.2, 0.25) is 0 Å². The number of rotatable bonds is 13. The van der Waals surface area contributed by atoms with Gasteiger partial charge in [0.25, 0.3) is 0 Å². The Morgan fingerprint density at radius 3 is 2.09 bits per heavy atom. The molecule has 0 aromatic heterocycles. The van der Waals surface area contributed by atoms with Crippen molar-refractivity contribution >= 4 is 27.4 Å². The maximum atomic E-state index is 12.7. The molecule has 9 nitrogen and oxygen atoms in total. The summed E-state index contributed by atoms with van der Waals surface area (Å²) >= 11 is 0. The fraction of sp³-hybridized carbons (Fsp3) is 0.696. The number of nitrogens with zero attached hydrogens (tertiary/aromatic N) is 2. The van der Waals surface area contributed by atoms with Crippen LogP contribution in [0.5, 0.6) is 0 Å². The Balaban J connectivity index is 1.87. The molecule has 2 N–H and O–H groups in total. The summed E-state index contributed by atoms with van der Waals surface area (Å²) in [7, 11) is -3.30. The number of nitrogens with one attached hydrogen (secondary N) is 2. The van der Waals surface area contributed by atoms with Crippen LogP contribution in [0.25, 0.3) is 0 Å². The second-order valence-electron chi connectivity index (χ2n) is 8.33. The Labute approximate surface area is 198 Å². The molecule has 0 radical (unpaired) electrons. The largest absolute Gasteiger partial charge is 0.380 e. The number of benzene rings is 1. The molecule has 0 bridgehead atoms. The predicted octanol–water partition coefficient (Wildman–Crippen LogP) is 2.89. The van der Waals surface area contributed by atoms with Crippen LogP contribution in [0.1, 0.15) is 40.5 Å². The van der Waals surface area contributed by atoms with E-state index in [-0.39, 0.29) is 12.1 Å². The molecule has 1 aliphatic rings. The molecule has 2 amide bonds. The molecule has 0 aliphatic carbocycles. The maximum absolute atomic E-state index is 12.7. The van der Waals surface area contributed by atoms with Crippen LogP contribution < -0.4 is 14.9 Å². The summed E-state index contributed by atoms with van der Waals surface area (Å²) in [5, 5.41) is 2.48. The number of hydrogen-bond acceptors (Lipinski definition) is 6. The van der Waals surface area contributed by atoms with E-state index in [9.17, 15) is 13.2 Å². The minimum Gasteiger partial charge on any atom is -0.380 e. The fourth-order valence-electron chi connectivity index (χ4n) is 3.54. The lowest BCUT2D eigenvalue weighted by molar-refractivity contribution is 0.141. The van der Waals surface area contributed by atoms with Crippen molar-refractivity contribution in [1.82, 2.24) is 9.62 Å². The molecule has 0 spiro atoms. The molecule has 0 saturated carbocycles. The number of carbonyl (C=O) groups excluding carboxylic acids is 1. The van der Waals surface area contributed by atoms with Gasteiger partial charge in [-0.25, -0.2) is 17.9 Å². The van der Waals surface area contributed by atoms with Crippen molar-refractivity contribution in [2.75, 3.05) is 62.8 Å². The molecule has 33 heavy (non-hydrogen) atoms. The van der Waals surface area contributed by atoms with Gasteiger partial charge in [-0.2, -0.15) is 0 Å². The third kappa shape index (κ3) is 9.11. The standard InChI is InChI=1S/C23H40N4O5S/c1-5-31-17-15-26(16-18-32-6-2)22-9-7-20(8-10-22)24-23(28)27-13-11-21(12-14-27)25-33(29,30)19(3)4/h7-10,19,21,25H,5-6,11-18H2,1-4H3,(H,24,28). The van der Waals surface area contributed by atoms with Crippen LogP contribution in [-0.4, -0.2) is 83.2 Å². The summed E-state index contributed by atoms with van der Waals surface area (Å²) in [6.45, 7) is 12.5. The van der Waals surface area contributed by atoms with E-state index < -0.39 is 15.3 Å². The Hall–Kier alpha value is -1.88. The van der Waals surface area contributed by atoms with Crippen LogP contribution in [0, 0.1) is 0 Å².